The smallest absolute Gasteiger partial charge is 0.231 e. The number of nitrogens with zero attached hydrogens (tertiary/aromatic N) is 2. The Balaban J connectivity index is 1.38. The number of hydrogen-bond acceptors (Lipinski definition) is 4. The Hall–Kier alpha value is -2.56. The van der Waals surface area contributed by atoms with Gasteiger partial charge in [-0.1, -0.05) is 6.07 Å². The molecular weight excluding hydrogens is 304 g/mol. The van der Waals surface area contributed by atoms with Crippen molar-refractivity contribution in [1.29, 1.82) is 0 Å². The fraction of sp³-hybridized carbons (Fsp3) is 0.368. The number of pyridine rings is 1. The molecule has 5 nitrogen and oxygen atoms in total. The van der Waals surface area contributed by atoms with Crippen molar-refractivity contribution in [2.45, 2.75) is 38.3 Å². The first-order valence-electron chi connectivity index (χ1n) is 8.36. The number of aryl methyl sites for hydroxylation is 1. The summed E-state index contributed by atoms with van der Waals surface area (Å²) >= 11 is 0. The fourth-order valence-electron chi connectivity index (χ4n) is 2.98. The maximum atomic E-state index is 12.7. The second kappa shape index (κ2) is 6.51. The van der Waals surface area contributed by atoms with E-state index in [1.165, 1.54) is 0 Å². The van der Waals surface area contributed by atoms with E-state index in [9.17, 15) is 4.79 Å². The van der Waals surface area contributed by atoms with Gasteiger partial charge in [-0.3, -0.25) is 9.78 Å². The van der Waals surface area contributed by atoms with E-state index in [0.29, 0.717) is 19.0 Å². The van der Waals surface area contributed by atoms with Crippen molar-refractivity contribution in [2.75, 3.05) is 6.79 Å². The van der Waals surface area contributed by atoms with Crippen LogP contribution < -0.4 is 9.47 Å². The van der Waals surface area contributed by atoms with Gasteiger partial charge in [0.1, 0.15) is 0 Å². The predicted octanol–water partition coefficient (Wildman–Crippen LogP) is 2.93. The van der Waals surface area contributed by atoms with Crippen LogP contribution in [-0.4, -0.2) is 28.6 Å². The van der Waals surface area contributed by atoms with E-state index in [0.717, 1.165) is 41.9 Å². The molecule has 1 saturated carbocycles. The first kappa shape index (κ1) is 15.0. The number of amides is 1. The third kappa shape index (κ3) is 3.35. The molecule has 124 valence electrons. The van der Waals surface area contributed by atoms with Crippen LogP contribution in [0.4, 0.5) is 0 Å². The highest BCUT2D eigenvalue weighted by molar-refractivity contribution is 5.77. The van der Waals surface area contributed by atoms with Crippen LogP contribution in [0.1, 0.15) is 30.4 Å². The van der Waals surface area contributed by atoms with E-state index in [2.05, 4.69) is 4.98 Å². The summed E-state index contributed by atoms with van der Waals surface area (Å²) in [5.41, 5.74) is 2.24. The van der Waals surface area contributed by atoms with Gasteiger partial charge in [-0.2, -0.15) is 0 Å². The molecule has 1 amide bonds. The number of fused-ring (bicyclic) bond motifs is 1. The summed E-state index contributed by atoms with van der Waals surface area (Å²) in [5, 5.41) is 0. The molecule has 1 aromatic carbocycles. The van der Waals surface area contributed by atoms with E-state index >= 15 is 0 Å². The minimum atomic E-state index is 0.215. The molecule has 1 aromatic heterocycles. The predicted molar refractivity (Wildman–Crippen MR) is 88.7 cm³/mol. The van der Waals surface area contributed by atoms with Crippen LogP contribution in [0.5, 0.6) is 11.5 Å². The molecule has 1 aliphatic heterocycles. The van der Waals surface area contributed by atoms with Gasteiger partial charge in [-0.05, 0) is 54.7 Å². The van der Waals surface area contributed by atoms with Crippen LogP contribution in [0.15, 0.2) is 42.7 Å². The second-order valence-corrected chi connectivity index (χ2v) is 6.30. The van der Waals surface area contributed by atoms with Crippen LogP contribution in [0, 0.1) is 0 Å². The summed E-state index contributed by atoms with van der Waals surface area (Å²) in [6.45, 7) is 0.951. The molecule has 0 spiro atoms. The van der Waals surface area contributed by atoms with Gasteiger partial charge in [0, 0.05) is 31.4 Å². The zero-order valence-corrected chi connectivity index (χ0v) is 13.5. The molecule has 1 fully saturated rings. The number of aromatic nitrogens is 1. The van der Waals surface area contributed by atoms with Gasteiger partial charge >= 0.3 is 0 Å². The van der Waals surface area contributed by atoms with E-state index in [1.807, 2.05) is 35.2 Å². The van der Waals surface area contributed by atoms with Crippen molar-refractivity contribution in [2.24, 2.45) is 0 Å². The average molecular weight is 324 g/mol. The molecule has 1 aliphatic carbocycles. The molecule has 2 aromatic rings. The Morgan fingerprint density at radius 2 is 1.88 bits per heavy atom. The lowest BCUT2D eigenvalue weighted by molar-refractivity contribution is -0.132. The highest BCUT2D eigenvalue weighted by Gasteiger charge is 2.32. The molecule has 0 radical (unpaired) electrons. The largest absolute Gasteiger partial charge is 0.454 e. The topological polar surface area (TPSA) is 51.7 Å². The van der Waals surface area contributed by atoms with Gasteiger partial charge in [0.05, 0.1) is 0 Å². The number of benzene rings is 1. The van der Waals surface area contributed by atoms with E-state index < -0.39 is 0 Å². The van der Waals surface area contributed by atoms with Crippen molar-refractivity contribution in [1.82, 2.24) is 9.88 Å². The molecule has 24 heavy (non-hydrogen) atoms. The number of carbonyl (C=O) groups excluding carboxylic acids is 1. The quantitative estimate of drug-likeness (QED) is 0.820. The van der Waals surface area contributed by atoms with E-state index in [4.69, 9.17) is 9.47 Å². The van der Waals surface area contributed by atoms with Crippen LogP contribution in [0.3, 0.4) is 0 Å². The molecule has 4 rings (SSSR count). The molecule has 0 atom stereocenters. The summed E-state index contributed by atoms with van der Waals surface area (Å²) in [6.07, 6.45) is 7.01. The SMILES string of the molecule is O=C(CCc1ccc2c(c1)OCO2)N(Cc1ccncc1)C1CC1. The van der Waals surface area contributed by atoms with Gasteiger partial charge in [0.25, 0.3) is 0 Å². The Morgan fingerprint density at radius 1 is 1.08 bits per heavy atom. The number of carbonyl (C=O) groups is 1. The van der Waals surface area contributed by atoms with Gasteiger partial charge < -0.3 is 14.4 Å². The number of ether oxygens (including phenoxy) is 2. The Morgan fingerprint density at radius 3 is 2.67 bits per heavy atom. The standard InChI is InChI=1S/C19H20N2O3/c22-19(6-2-14-1-5-17-18(11-14)24-13-23-17)21(16-3-4-16)12-15-7-9-20-10-8-15/h1,5,7-11,16H,2-4,6,12-13H2. The fourth-order valence-corrected chi connectivity index (χ4v) is 2.98. The van der Waals surface area contributed by atoms with E-state index in [-0.39, 0.29) is 12.7 Å². The van der Waals surface area contributed by atoms with Gasteiger partial charge in [-0.15, -0.1) is 0 Å². The molecule has 0 unspecified atom stereocenters. The first-order valence-corrected chi connectivity index (χ1v) is 8.36. The molecule has 0 bridgehead atoms. The summed E-state index contributed by atoms with van der Waals surface area (Å²) in [4.78, 5) is 18.7. The van der Waals surface area contributed by atoms with Crippen LogP contribution in [0.2, 0.25) is 0 Å². The Bertz CT molecular complexity index is 729. The zero-order valence-electron chi connectivity index (χ0n) is 13.5. The van der Waals surface area contributed by atoms with Crippen molar-refractivity contribution in [3.63, 3.8) is 0 Å². The normalized spacial score (nSPS) is 15.3. The molecule has 5 heteroatoms. The van der Waals surface area contributed by atoms with Gasteiger partial charge in [-0.25, -0.2) is 0 Å². The minimum Gasteiger partial charge on any atom is -0.454 e. The molecule has 0 N–H and O–H groups in total. The maximum absolute atomic E-state index is 12.7. The van der Waals surface area contributed by atoms with E-state index in [1.54, 1.807) is 12.4 Å². The number of rotatable bonds is 6. The molecule has 2 heterocycles. The molecule has 0 saturated heterocycles. The lowest BCUT2D eigenvalue weighted by Crippen LogP contribution is -2.32. The summed E-state index contributed by atoms with van der Waals surface area (Å²) < 4.78 is 10.7. The summed E-state index contributed by atoms with van der Waals surface area (Å²) in [7, 11) is 0. The van der Waals surface area contributed by atoms with Crippen LogP contribution >= 0.6 is 0 Å². The summed E-state index contributed by atoms with van der Waals surface area (Å²) in [5.74, 6) is 1.77. The van der Waals surface area contributed by atoms with Crippen molar-refractivity contribution < 1.29 is 14.3 Å². The Kier molecular flexibility index (Phi) is 4.07. The molecule has 2 aliphatic rings. The summed E-state index contributed by atoms with van der Waals surface area (Å²) in [6, 6.07) is 10.2. The van der Waals surface area contributed by atoms with Crippen LogP contribution in [-0.2, 0) is 17.8 Å². The first-order chi connectivity index (χ1) is 11.8. The minimum absolute atomic E-state index is 0.215. The highest BCUT2D eigenvalue weighted by Crippen LogP contribution is 2.33. The van der Waals surface area contributed by atoms with Crippen molar-refractivity contribution in [3.8, 4) is 11.5 Å². The van der Waals surface area contributed by atoms with Crippen molar-refractivity contribution >= 4 is 5.91 Å². The highest BCUT2D eigenvalue weighted by atomic mass is 16.7. The van der Waals surface area contributed by atoms with Crippen molar-refractivity contribution in [3.05, 3.63) is 53.9 Å². The number of hydrogen-bond donors (Lipinski definition) is 0. The average Bonchev–Trinajstić information content (AvgIpc) is 3.35. The third-order valence-corrected chi connectivity index (χ3v) is 4.47. The monoisotopic (exact) mass is 324 g/mol. The Labute approximate surface area is 141 Å². The maximum Gasteiger partial charge on any atom is 0.231 e. The lowest BCUT2D eigenvalue weighted by atomic mass is 10.1. The van der Waals surface area contributed by atoms with Gasteiger partial charge in [0.15, 0.2) is 11.5 Å². The molecular formula is C19H20N2O3. The zero-order chi connectivity index (χ0) is 16.4. The van der Waals surface area contributed by atoms with Gasteiger partial charge in [0.2, 0.25) is 12.7 Å². The third-order valence-electron chi connectivity index (χ3n) is 4.47. The lowest BCUT2D eigenvalue weighted by Gasteiger charge is -2.22. The second-order valence-electron chi connectivity index (χ2n) is 6.30. The van der Waals surface area contributed by atoms with Crippen LogP contribution in [0.25, 0.3) is 0 Å².